The maximum Gasteiger partial charge on any atom is 0.213 e. The van der Waals surface area contributed by atoms with Crippen LogP contribution >= 0.6 is 0 Å². The van der Waals surface area contributed by atoms with Gasteiger partial charge in [-0.15, -0.1) is 0 Å². The second-order valence-corrected chi connectivity index (χ2v) is 6.80. The Balaban J connectivity index is 1.44. The predicted molar refractivity (Wildman–Crippen MR) is 116 cm³/mol. The van der Waals surface area contributed by atoms with Gasteiger partial charge in [0, 0.05) is 24.4 Å². The minimum atomic E-state index is 0.579. The minimum absolute atomic E-state index is 0.579. The van der Waals surface area contributed by atoms with Gasteiger partial charge in [0.1, 0.15) is 12.9 Å². The number of benzene rings is 1. The molecule has 9 heteroatoms. The number of ether oxygens (including phenoxy) is 1. The number of fused-ring (bicyclic) bond motifs is 1. The molecule has 0 spiro atoms. The zero-order valence-corrected chi connectivity index (χ0v) is 16.8. The number of likely N-dealkylation sites (N-methyl/N-ethyl adjacent to an activating group) is 1. The summed E-state index contributed by atoms with van der Waals surface area (Å²) in [6.07, 6.45) is 6.59. The Morgan fingerprint density at radius 3 is 2.70 bits per heavy atom. The molecule has 3 aromatic heterocycles. The molecule has 4 rings (SSSR count). The van der Waals surface area contributed by atoms with Gasteiger partial charge in [0.15, 0.2) is 11.5 Å². The van der Waals surface area contributed by atoms with E-state index in [2.05, 4.69) is 35.5 Å². The van der Waals surface area contributed by atoms with Gasteiger partial charge in [-0.25, -0.2) is 19.6 Å². The molecule has 1 aromatic carbocycles. The monoisotopic (exact) mass is 402 g/mol. The average molecular weight is 402 g/mol. The molecular weight excluding hydrogens is 380 g/mol. The minimum Gasteiger partial charge on any atom is -0.476 e. The topological polar surface area (TPSA) is 93.4 Å². The molecule has 4 aromatic rings. The first-order chi connectivity index (χ1) is 14.7. The fourth-order valence-electron chi connectivity index (χ4n) is 2.75. The molecule has 0 unspecified atom stereocenters. The summed E-state index contributed by atoms with van der Waals surface area (Å²) < 4.78 is 7.36. The highest BCUT2D eigenvalue weighted by Gasteiger charge is 2.10. The molecule has 0 aliphatic heterocycles. The number of aromatic nitrogens is 5. The highest BCUT2D eigenvalue weighted by atomic mass is 16.5. The number of nitrogens with one attached hydrogen (secondary N) is 1. The van der Waals surface area contributed by atoms with Crippen LogP contribution in [0.15, 0.2) is 66.3 Å². The fraction of sp³-hybridized carbons (Fsp3) is 0.190. The van der Waals surface area contributed by atoms with Crippen molar-refractivity contribution < 1.29 is 4.74 Å². The average Bonchev–Trinajstić information content (AvgIpc) is 3.20. The molecule has 3 heterocycles. The van der Waals surface area contributed by atoms with Crippen LogP contribution in [0.5, 0.6) is 5.88 Å². The smallest absolute Gasteiger partial charge is 0.213 e. The van der Waals surface area contributed by atoms with E-state index in [-0.39, 0.29) is 0 Å². The largest absolute Gasteiger partial charge is 0.476 e. The van der Waals surface area contributed by atoms with Crippen LogP contribution in [0.3, 0.4) is 0 Å². The van der Waals surface area contributed by atoms with Gasteiger partial charge in [0.2, 0.25) is 5.88 Å². The lowest BCUT2D eigenvalue weighted by atomic mass is 10.3. The van der Waals surface area contributed by atoms with Crippen molar-refractivity contribution in [1.82, 2.24) is 29.6 Å². The van der Waals surface area contributed by atoms with E-state index in [1.54, 1.807) is 23.3 Å². The van der Waals surface area contributed by atoms with Crippen LogP contribution in [0.25, 0.3) is 16.7 Å². The van der Waals surface area contributed by atoms with Gasteiger partial charge in [0.25, 0.3) is 0 Å². The summed E-state index contributed by atoms with van der Waals surface area (Å²) in [6.45, 7) is 1.43. The quantitative estimate of drug-likeness (QED) is 0.358. The lowest BCUT2D eigenvalue weighted by Crippen LogP contribution is -2.19. The van der Waals surface area contributed by atoms with E-state index in [0.29, 0.717) is 24.0 Å². The molecule has 0 fully saturated rings. The molecule has 30 heavy (non-hydrogen) atoms. The molecule has 152 valence electrons. The van der Waals surface area contributed by atoms with Crippen LogP contribution in [0.4, 0.5) is 5.82 Å². The van der Waals surface area contributed by atoms with Crippen molar-refractivity contribution in [2.75, 3.05) is 32.7 Å². The van der Waals surface area contributed by atoms with E-state index in [9.17, 15) is 0 Å². The van der Waals surface area contributed by atoms with E-state index in [1.165, 1.54) is 6.33 Å². The first kappa shape index (κ1) is 19.5. The number of para-hydroxylation sites is 1. The summed E-state index contributed by atoms with van der Waals surface area (Å²) in [5.41, 5.74) is 5.44. The summed E-state index contributed by atoms with van der Waals surface area (Å²) >= 11 is 0. The van der Waals surface area contributed by atoms with Crippen LogP contribution in [-0.4, -0.2) is 63.1 Å². The normalized spacial score (nSPS) is 11.4. The maximum absolute atomic E-state index is 5.59. The SMILES string of the molecule is CN(C)CCOc1ccc(/C=N/Nc2ncnc3c2cnn3-c2ccccc2)cn1. The van der Waals surface area contributed by atoms with E-state index < -0.39 is 0 Å². The summed E-state index contributed by atoms with van der Waals surface area (Å²) in [5, 5.41) is 9.48. The Morgan fingerprint density at radius 1 is 1.07 bits per heavy atom. The maximum atomic E-state index is 5.59. The predicted octanol–water partition coefficient (Wildman–Crippen LogP) is 2.60. The summed E-state index contributed by atoms with van der Waals surface area (Å²) in [6, 6.07) is 13.5. The van der Waals surface area contributed by atoms with Crippen molar-refractivity contribution >= 4 is 23.1 Å². The number of nitrogens with zero attached hydrogens (tertiary/aromatic N) is 7. The van der Waals surface area contributed by atoms with E-state index in [1.807, 2.05) is 56.6 Å². The molecule has 0 saturated heterocycles. The highest BCUT2D eigenvalue weighted by Crippen LogP contribution is 2.21. The van der Waals surface area contributed by atoms with Crippen molar-refractivity contribution in [3.8, 4) is 11.6 Å². The zero-order valence-electron chi connectivity index (χ0n) is 16.8. The Hall–Kier alpha value is -3.85. The van der Waals surface area contributed by atoms with E-state index in [4.69, 9.17) is 4.74 Å². The van der Waals surface area contributed by atoms with Gasteiger partial charge in [-0.1, -0.05) is 18.2 Å². The van der Waals surface area contributed by atoms with Crippen molar-refractivity contribution in [3.63, 3.8) is 0 Å². The van der Waals surface area contributed by atoms with Gasteiger partial charge in [-0.05, 0) is 32.3 Å². The number of pyridine rings is 1. The van der Waals surface area contributed by atoms with E-state index in [0.717, 1.165) is 23.2 Å². The Kier molecular flexibility index (Phi) is 5.90. The molecular formula is C21H22N8O. The van der Waals surface area contributed by atoms with Crippen molar-refractivity contribution in [2.24, 2.45) is 5.10 Å². The molecule has 1 N–H and O–H groups in total. The molecule has 0 amide bonds. The Morgan fingerprint density at radius 2 is 1.93 bits per heavy atom. The number of hydrogen-bond donors (Lipinski definition) is 1. The number of hydrazone groups is 1. The van der Waals surface area contributed by atoms with Gasteiger partial charge in [-0.3, -0.25) is 5.43 Å². The first-order valence-corrected chi connectivity index (χ1v) is 9.47. The van der Waals surface area contributed by atoms with Gasteiger partial charge >= 0.3 is 0 Å². The van der Waals surface area contributed by atoms with Crippen LogP contribution in [0, 0.1) is 0 Å². The Labute approximate surface area is 174 Å². The number of rotatable bonds is 8. The fourth-order valence-corrected chi connectivity index (χ4v) is 2.75. The molecule has 0 aliphatic rings. The third-order valence-electron chi connectivity index (χ3n) is 4.30. The number of anilines is 1. The van der Waals surface area contributed by atoms with Crippen molar-refractivity contribution in [3.05, 3.63) is 66.7 Å². The van der Waals surface area contributed by atoms with Gasteiger partial charge < -0.3 is 9.64 Å². The van der Waals surface area contributed by atoms with Crippen LogP contribution in [-0.2, 0) is 0 Å². The van der Waals surface area contributed by atoms with E-state index >= 15 is 0 Å². The highest BCUT2D eigenvalue weighted by molar-refractivity contribution is 5.88. The molecule has 9 nitrogen and oxygen atoms in total. The summed E-state index contributed by atoms with van der Waals surface area (Å²) in [5.74, 6) is 1.17. The molecule has 0 bridgehead atoms. The lowest BCUT2D eigenvalue weighted by Gasteiger charge is -2.10. The zero-order chi connectivity index (χ0) is 20.8. The first-order valence-electron chi connectivity index (χ1n) is 9.47. The van der Waals surface area contributed by atoms with Crippen LogP contribution in [0.2, 0.25) is 0 Å². The molecule has 0 saturated carbocycles. The molecule has 0 radical (unpaired) electrons. The van der Waals surface area contributed by atoms with Crippen molar-refractivity contribution in [2.45, 2.75) is 0 Å². The standard InChI is InChI=1S/C21H22N8O/c1-28(2)10-11-30-19-9-8-16(12-22-19)13-25-27-20-18-14-26-29(21(18)24-15-23-20)17-6-4-3-5-7-17/h3-9,12-15H,10-11H2,1-2H3,(H,23,24,27)/b25-13+. The van der Waals surface area contributed by atoms with Crippen LogP contribution < -0.4 is 10.2 Å². The second kappa shape index (κ2) is 9.10. The summed E-state index contributed by atoms with van der Waals surface area (Å²) in [7, 11) is 4.00. The van der Waals surface area contributed by atoms with Gasteiger partial charge in [0.05, 0.1) is 23.5 Å². The van der Waals surface area contributed by atoms with Crippen LogP contribution in [0.1, 0.15) is 5.56 Å². The number of hydrogen-bond acceptors (Lipinski definition) is 8. The Bertz CT molecular complexity index is 1120. The molecule has 0 atom stereocenters. The van der Waals surface area contributed by atoms with Gasteiger partial charge in [-0.2, -0.15) is 10.2 Å². The molecule has 0 aliphatic carbocycles. The third kappa shape index (κ3) is 4.58. The third-order valence-corrected chi connectivity index (χ3v) is 4.30. The van der Waals surface area contributed by atoms with Crippen molar-refractivity contribution in [1.29, 1.82) is 0 Å². The second-order valence-electron chi connectivity index (χ2n) is 6.80. The lowest BCUT2D eigenvalue weighted by molar-refractivity contribution is 0.254. The summed E-state index contributed by atoms with van der Waals surface area (Å²) in [4.78, 5) is 15.0.